The number of halogens is 1. The van der Waals surface area contributed by atoms with Gasteiger partial charge in [0.25, 0.3) is 5.91 Å². The van der Waals surface area contributed by atoms with E-state index in [1.165, 1.54) is 5.56 Å². The fourth-order valence-corrected chi connectivity index (χ4v) is 2.87. The second kappa shape index (κ2) is 9.14. The highest BCUT2D eigenvalue weighted by atomic mass is 35.5. The number of rotatable bonds is 5. The second-order valence-corrected chi connectivity index (χ2v) is 6.21. The number of para-hydroxylation sites is 1. The number of benzene rings is 1. The number of hydrogen-bond acceptors (Lipinski definition) is 3. The molecule has 1 aliphatic rings. The Morgan fingerprint density at radius 2 is 2.09 bits per heavy atom. The first-order valence-corrected chi connectivity index (χ1v) is 8.29. The van der Waals surface area contributed by atoms with Gasteiger partial charge in [0, 0.05) is 25.2 Å². The quantitative estimate of drug-likeness (QED) is 0.894. The largest absolute Gasteiger partial charge is 0.483 e. The van der Waals surface area contributed by atoms with E-state index in [2.05, 4.69) is 39.1 Å². The SMILES string of the molecule is CCC(C)c1ccccc1OCC(=O)N1CCNC(C)C1C.Cl. The van der Waals surface area contributed by atoms with Gasteiger partial charge in [0.05, 0.1) is 0 Å². The third kappa shape index (κ3) is 4.85. The molecule has 2 rings (SSSR count). The first-order chi connectivity index (χ1) is 10.5. The highest BCUT2D eigenvalue weighted by Gasteiger charge is 2.28. The predicted octanol–water partition coefficient (Wildman–Crippen LogP) is 3.21. The number of ether oxygens (including phenoxy) is 1. The van der Waals surface area contributed by atoms with Crippen molar-refractivity contribution in [3.8, 4) is 5.75 Å². The molecule has 0 spiro atoms. The molecule has 1 amide bonds. The van der Waals surface area contributed by atoms with E-state index in [0.29, 0.717) is 12.0 Å². The van der Waals surface area contributed by atoms with Crippen LogP contribution in [-0.2, 0) is 4.79 Å². The number of nitrogens with zero attached hydrogens (tertiary/aromatic N) is 1. The Morgan fingerprint density at radius 1 is 1.39 bits per heavy atom. The molecule has 1 saturated heterocycles. The van der Waals surface area contributed by atoms with Crippen LogP contribution >= 0.6 is 12.4 Å². The van der Waals surface area contributed by atoms with Crippen LogP contribution in [0.2, 0.25) is 0 Å². The molecular formula is C18H29ClN2O2. The molecule has 23 heavy (non-hydrogen) atoms. The van der Waals surface area contributed by atoms with Gasteiger partial charge in [0.2, 0.25) is 0 Å². The van der Waals surface area contributed by atoms with E-state index in [4.69, 9.17) is 4.74 Å². The minimum Gasteiger partial charge on any atom is -0.483 e. The van der Waals surface area contributed by atoms with Gasteiger partial charge in [0.1, 0.15) is 5.75 Å². The minimum atomic E-state index is 0. The fourth-order valence-electron chi connectivity index (χ4n) is 2.87. The van der Waals surface area contributed by atoms with E-state index >= 15 is 0 Å². The highest BCUT2D eigenvalue weighted by Crippen LogP contribution is 2.28. The van der Waals surface area contributed by atoms with Gasteiger partial charge in [-0.15, -0.1) is 12.4 Å². The highest BCUT2D eigenvalue weighted by molar-refractivity contribution is 5.85. The summed E-state index contributed by atoms with van der Waals surface area (Å²) in [4.78, 5) is 14.4. The van der Waals surface area contributed by atoms with Crippen LogP contribution in [-0.4, -0.2) is 42.6 Å². The van der Waals surface area contributed by atoms with Gasteiger partial charge in [-0.1, -0.05) is 32.0 Å². The zero-order valence-electron chi connectivity index (χ0n) is 14.5. The number of nitrogens with one attached hydrogen (secondary N) is 1. The van der Waals surface area contributed by atoms with E-state index in [9.17, 15) is 4.79 Å². The molecule has 3 unspecified atom stereocenters. The number of carbonyl (C=O) groups excluding carboxylic acids is 1. The lowest BCUT2D eigenvalue weighted by molar-refractivity contribution is -0.137. The maximum atomic E-state index is 12.5. The van der Waals surface area contributed by atoms with E-state index in [1.54, 1.807) is 0 Å². The van der Waals surface area contributed by atoms with Crippen LogP contribution in [0, 0.1) is 0 Å². The molecule has 0 radical (unpaired) electrons. The molecule has 0 aliphatic carbocycles. The van der Waals surface area contributed by atoms with Crippen LogP contribution in [0.15, 0.2) is 24.3 Å². The molecule has 3 atom stereocenters. The molecule has 1 N–H and O–H groups in total. The second-order valence-electron chi connectivity index (χ2n) is 6.21. The van der Waals surface area contributed by atoms with Crippen molar-refractivity contribution >= 4 is 18.3 Å². The average molecular weight is 341 g/mol. The van der Waals surface area contributed by atoms with Crippen LogP contribution in [0.5, 0.6) is 5.75 Å². The molecule has 0 bridgehead atoms. The van der Waals surface area contributed by atoms with Crippen molar-refractivity contribution in [1.29, 1.82) is 0 Å². The molecule has 4 nitrogen and oxygen atoms in total. The molecule has 1 aromatic rings. The van der Waals surface area contributed by atoms with Crippen molar-refractivity contribution in [3.05, 3.63) is 29.8 Å². The molecule has 5 heteroatoms. The first kappa shape index (κ1) is 19.8. The third-order valence-electron chi connectivity index (χ3n) is 4.77. The fraction of sp³-hybridized carbons (Fsp3) is 0.611. The minimum absolute atomic E-state index is 0. The molecule has 130 valence electrons. The Morgan fingerprint density at radius 3 is 2.78 bits per heavy atom. The van der Waals surface area contributed by atoms with Gasteiger partial charge in [-0.25, -0.2) is 0 Å². The summed E-state index contributed by atoms with van der Waals surface area (Å²) in [5.41, 5.74) is 1.18. The Kier molecular flexibility index (Phi) is 7.86. The lowest BCUT2D eigenvalue weighted by atomic mass is 9.98. The van der Waals surface area contributed by atoms with Gasteiger partial charge >= 0.3 is 0 Å². The monoisotopic (exact) mass is 340 g/mol. The van der Waals surface area contributed by atoms with Crippen molar-refractivity contribution in [1.82, 2.24) is 10.2 Å². The molecule has 1 heterocycles. The smallest absolute Gasteiger partial charge is 0.260 e. The van der Waals surface area contributed by atoms with E-state index in [1.807, 2.05) is 23.1 Å². The lowest BCUT2D eigenvalue weighted by Gasteiger charge is -2.38. The Bertz CT molecular complexity index is 510. The number of hydrogen-bond donors (Lipinski definition) is 1. The molecule has 1 aliphatic heterocycles. The van der Waals surface area contributed by atoms with Crippen LogP contribution in [0.4, 0.5) is 0 Å². The summed E-state index contributed by atoms with van der Waals surface area (Å²) in [6, 6.07) is 8.55. The molecule has 1 aromatic carbocycles. The van der Waals surface area contributed by atoms with Gasteiger partial charge in [-0.05, 0) is 37.8 Å². The first-order valence-electron chi connectivity index (χ1n) is 8.29. The van der Waals surface area contributed by atoms with Gasteiger partial charge in [-0.3, -0.25) is 4.79 Å². The average Bonchev–Trinajstić information content (AvgIpc) is 2.54. The van der Waals surface area contributed by atoms with Crippen LogP contribution in [0.25, 0.3) is 0 Å². The van der Waals surface area contributed by atoms with Crippen molar-refractivity contribution in [2.45, 2.75) is 52.1 Å². The zero-order chi connectivity index (χ0) is 16.1. The van der Waals surface area contributed by atoms with Crippen molar-refractivity contribution < 1.29 is 9.53 Å². The van der Waals surface area contributed by atoms with Crippen molar-refractivity contribution in [2.75, 3.05) is 19.7 Å². The standard InChI is InChI=1S/C18H28N2O2.ClH/c1-5-13(2)16-8-6-7-9-17(16)22-12-18(21)20-11-10-19-14(3)15(20)4;/h6-9,13-15,19H,5,10-12H2,1-4H3;1H. The van der Waals surface area contributed by atoms with Gasteiger partial charge in [0.15, 0.2) is 6.61 Å². The van der Waals surface area contributed by atoms with Crippen LogP contribution < -0.4 is 10.1 Å². The summed E-state index contributed by atoms with van der Waals surface area (Å²) >= 11 is 0. The summed E-state index contributed by atoms with van der Waals surface area (Å²) in [5.74, 6) is 1.34. The van der Waals surface area contributed by atoms with Gasteiger partial charge < -0.3 is 15.0 Å². The topological polar surface area (TPSA) is 41.6 Å². The maximum absolute atomic E-state index is 12.5. The van der Waals surface area contributed by atoms with E-state index < -0.39 is 0 Å². The molecule has 0 saturated carbocycles. The number of amides is 1. The number of carbonyl (C=O) groups is 1. The van der Waals surface area contributed by atoms with Crippen LogP contribution in [0.1, 0.15) is 45.6 Å². The maximum Gasteiger partial charge on any atom is 0.260 e. The Labute approximate surface area is 146 Å². The van der Waals surface area contributed by atoms with Crippen molar-refractivity contribution in [2.24, 2.45) is 0 Å². The zero-order valence-corrected chi connectivity index (χ0v) is 15.4. The molecular weight excluding hydrogens is 312 g/mol. The predicted molar refractivity (Wildman–Crippen MR) is 96.5 cm³/mol. The normalized spacial score (nSPS) is 22.2. The van der Waals surface area contributed by atoms with E-state index in [0.717, 1.165) is 25.3 Å². The summed E-state index contributed by atoms with van der Waals surface area (Å²) in [5, 5.41) is 3.39. The Hall–Kier alpha value is -1.26. The summed E-state index contributed by atoms with van der Waals surface area (Å²) in [7, 11) is 0. The van der Waals surface area contributed by atoms with Gasteiger partial charge in [-0.2, -0.15) is 0 Å². The summed E-state index contributed by atoms with van der Waals surface area (Å²) in [6.45, 7) is 10.3. The van der Waals surface area contributed by atoms with Crippen molar-refractivity contribution in [3.63, 3.8) is 0 Å². The number of piperazine rings is 1. The molecule has 0 aromatic heterocycles. The Balaban J connectivity index is 0.00000264. The van der Waals surface area contributed by atoms with Crippen LogP contribution in [0.3, 0.4) is 0 Å². The molecule has 1 fully saturated rings. The summed E-state index contributed by atoms with van der Waals surface area (Å²) in [6.07, 6.45) is 1.06. The lowest BCUT2D eigenvalue weighted by Crippen LogP contribution is -2.58. The van der Waals surface area contributed by atoms with E-state index in [-0.39, 0.29) is 31.0 Å². The summed E-state index contributed by atoms with van der Waals surface area (Å²) < 4.78 is 5.85. The third-order valence-corrected chi connectivity index (χ3v) is 4.77.